The first-order valence-corrected chi connectivity index (χ1v) is 9.53. The van der Waals surface area contributed by atoms with E-state index in [1.54, 1.807) is 11.8 Å². The summed E-state index contributed by atoms with van der Waals surface area (Å²) < 4.78 is 0. The van der Waals surface area contributed by atoms with Gasteiger partial charge in [0.2, 0.25) is 0 Å². The van der Waals surface area contributed by atoms with Gasteiger partial charge in [-0.1, -0.05) is 30.0 Å². The number of rotatable bonds is 3. The fourth-order valence-electron chi connectivity index (χ4n) is 3.40. The molecule has 1 saturated heterocycles. The monoisotopic (exact) mass is 370 g/mol. The van der Waals surface area contributed by atoms with E-state index in [9.17, 15) is 4.79 Å². The molecular weight excluding hydrogens is 348 g/mol. The molecule has 0 bridgehead atoms. The second kappa shape index (κ2) is 7.67. The number of hydroxylamine groups is 1. The highest BCUT2D eigenvalue weighted by molar-refractivity contribution is 7.99. The highest BCUT2D eigenvalue weighted by Crippen LogP contribution is 2.43. The third-order valence-corrected chi connectivity index (χ3v) is 5.85. The first kappa shape index (κ1) is 17.4. The van der Waals surface area contributed by atoms with Gasteiger partial charge in [0.15, 0.2) is 0 Å². The van der Waals surface area contributed by atoms with Crippen molar-refractivity contribution >= 4 is 23.4 Å². The summed E-state index contributed by atoms with van der Waals surface area (Å²) in [5.74, 6) is -0.248. The number of hydrogen-bond acceptors (Lipinski definition) is 6. The molecule has 3 N–H and O–H groups in total. The number of benzene rings is 2. The molecule has 0 saturated carbocycles. The molecule has 0 aromatic heterocycles. The summed E-state index contributed by atoms with van der Waals surface area (Å²) in [4.78, 5) is 21.7. The van der Waals surface area contributed by atoms with Gasteiger partial charge in [0.05, 0.1) is 12.8 Å². The van der Waals surface area contributed by atoms with E-state index in [1.807, 2.05) is 18.2 Å². The summed E-state index contributed by atoms with van der Waals surface area (Å²) in [5, 5.41) is 7.09. The average molecular weight is 370 g/mol. The third-order valence-electron chi connectivity index (χ3n) is 4.68. The summed E-state index contributed by atoms with van der Waals surface area (Å²) in [7, 11) is 1.44. The van der Waals surface area contributed by atoms with Gasteiger partial charge < -0.3 is 10.6 Å². The van der Waals surface area contributed by atoms with Crippen LogP contribution >= 0.6 is 11.8 Å². The van der Waals surface area contributed by atoms with Crippen LogP contribution in [-0.2, 0) is 4.84 Å². The van der Waals surface area contributed by atoms with Gasteiger partial charge in [0.25, 0.3) is 5.91 Å². The fourth-order valence-corrected chi connectivity index (χ4v) is 4.44. The van der Waals surface area contributed by atoms with Crippen molar-refractivity contribution in [1.29, 1.82) is 0 Å². The number of amides is 1. The van der Waals surface area contributed by atoms with E-state index in [4.69, 9.17) is 4.84 Å². The molecular formula is C19H22N4O2S. The predicted octanol–water partition coefficient (Wildman–Crippen LogP) is 2.46. The molecule has 0 radical (unpaired) electrons. The van der Waals surface area contributed by atoms with Crippen molar-refractivity contribution in [2.24, 2.45) is 0 Å². The SMILES string of the molecule is CONC(=O)c1ccc2c(c1)NC(N1CCNCC1)c1ccccc1S2. The smallest absolute Gasteiger partial charge is 0.274 e. The van der Waals surface area contributed by atoms with Crippen LogP contribution in [0.5, 0.6) is 0 Å². The lowest BCUT2D eigenvalue weighted by Crippen LogP contribution is -2.47. The molecule has 1 unspecified atom stereocenters. The Kier molecular flexibility index (Phi) is 5.12. The molecule has 7 heteroatoms. The zero-order chi connectivity index (χ0) is 17.9. The number of hydrogen-bond donors (Lipinski definition) is 3. The molecule has 0 spiro atoms. The lowest BCUT2D eigenvalue weighted by Gasteiger charge is -2.36. The van der Waals surface area contributed by atoms with E-state index in [1.165, 1.54) is 17.6 Å². The molecule has 1 amide bonds. The average Bonchev–Trinajstić information content (AvgIpc) is 2.85. The van der Waals surface area contributed by atoms with Crippen LogP contribution in [0.25, 0.3) is 0 Å². The molecule has 2 aliphatic rings. The van der Waals surface area contributed by atoms with Crippen molar-refractivity contribution in [2.45, 2.75) is 16.0 Å². The Hall–Kier alpha value is -2.06. The van der Waals surface area contributed by atoms with Crippen molar-refractivity contribution < 1.29 is 9.63 Å². The minimum atomic E-state index is -0.248. The number of nitrogens with one attached hydrogen (secondary N) is 3. The molecule has 136 valence electrons. The van der Waals surface area contributed by atoms with Gasteiger partial charge in [0, 0.05) is 47.1 Å². The summed E-state index contributed by atoms with van der Waals surface area (Å²) >= 11 is 1.74. The number of carbonyl (C=O) groups excluding carboxylic acids is 1. The molecule has 2 heterocycles. The Morgan fingerprint density at radius 3 is 2.81 bits per heavy atom. The first-order valence-electron chi connectivity index (χ1n) is 8.72. The Bertz CT molecular complexity index is 808. The van der Waals surface area contributed by atoms with Crippen molar-refractivity contribution in [2.75, 3.05) is 38.6 Å². The molecule has 4 rings (SSSR count). The Morgan fingerprint density at radius 2 is 2.00 bits per heavy atom. The van der Waals surface area contributed by atoms with E-state index < -0.39 is 0 Å². The van der Waals surface area contributed by atoms with Crippen LogP contribution in [0.2, 0.25) is 0 Å². The second-order valence-electron chi connectivity index (χ2n) is 6.32. The summed E-state index contributed by atoms with van der Waals surface area (Å²) in [6.07, 6.45) is 0.0859. The minimum Gasteiger partial charge on any atom is -0.365 e. The largest absolute Gasteiger partial charge is 0.365 e. The molecule has 1 fully saturated rings. The molecule has 0 aliphatic carbocycles. The molecule has 2 aromatic carbocycles. The van der Waals surface area contributed by atoms with E-state index in [2.05, 4.69) is 45.3 Å². The summed E-state index contributed by atoms with van der Waals surface area (Å²) in [6.45, 7) is 3.93. The normalized spacial score (nSPS) is 19.7. The van der Waals surface area contributed by atoms with Crippen LogP contribution in [0.1, 0.15) is 22.1 Å². The molecule has 26 heavy (non-hydrogen) atoms. The van der Waals surface area contributed by atoms with E-state index in [0.29, 0.717) is 5.56 Å². The van der Waals surface area contributed by atoms with Crippen molar-refractivity contribution in [3.05, 3.63) is 53.6 Å². The first-order chi connectivity index (χ1) is 12.8. The van der Waals surface area contributed by atoms with Gasteiger partial charge >= 0.3 is 0 Å². The molecule has 2 aromatic rings. The van der Waals surface area contributed by atoms with E-state index in [0.717, 1.165) is 36.8 Å². The van der Waals surface area contributed by atoms with Gasteiger partial charge in [-0.05, 0) is 24.3 Å². The number of piperazine rings is 1. The highest BCUT2D eigenvalue weighted by atomic mass is 32.2. The number of carbonyl (C=O) groups is 1. The van der Waals surface area contributed by atoms with Crippen LogP contribution in [0.15, 0.2) is 52.3 Å². The van der Waals surface area contributed by atoms with Crippen LogP contribution in [0.3, 0.4) is 0 Å². The molecule has 2 aliphatic heterocycles. The topological polar surface area (TPSA) is 65.6 Å². The van der Waals surface area contributed by atoms with Crippen molar-refractivity contribution in [3.63, 3.8) is 0 Å². The van der Waals surface area contributed by atoms with Crippen molar-refractivity contribution in [3.8, 4) is 0 Å². The highest BCUT2D eigenvalue weighted by Gasteiger charge is 2.28. The van der Waals surface area contributed by atoms with Gasteiger partial charge in [-0.25, -0.2) is 5.48 Å². The Labute approximate surface area is 157 Å². The van der Waals surface area contributed by atoms with Crippen LogP contribution in [-0.4, -0.2) is 44.1 Å². The lowest BCUT2D eigenvalue weighted by atomic mass is 10.1. The van der Waals surface area contributed by atoms with Gasteiger partial charge in [-0.3, -0.25) is 14.5 Å². The second-order valence-corrected chi connectivity index (χ2v) is 7.40. The standard InChI is InChI=1S/C19H22N4O2S/c1-25-22-19(24)13-6-7-17-15(12-13)21-18(23-10-8-20-9-11-23)14-4-2-3-5-16(14)26-17/h2-7,12,18,20-21H,8-11H2,1H3,(H,22,24). The van der Waals surface area contributed by atoms with Crippen LogP contribution in [0, 0.1) is 0 Å². The van der Waals surface area contributed by atoms with Crippen LogP contribution < -0.4 is 16.1 Å². The zero-order valence-corrected chi connectivity index (χ0v) is 15.4. The Balaban J connectivity index is 1.72. The van der Waals surface area contributed by atoms with Gasteiger partial charge in [-0.15, -0.1) is 0 Å². The van der Waals surface area contributed by atoms with E-state index >= 15 is 0 Å². The van der Waals surface area contributed by atoms with Crippen molar-refractivity contribution in [1.82, 2.24) is 15.7 Å². The number of nitrogens with zero attached hydrogens (tertiary/aromatic N) is 1. The maximum absolute atomic E-state index is 12.1. The van der Waals surface area contributed by atoms with Gasteiger partial charge in [0.1, 0.15) is 6.17 Å². The third kappa shape index (κ3) is 3.43. The summed E-state index contributed by atoms with van der Waals surface area (Å²) in [6, 6.07) is 14.2. The van der Waals surface area contributed by atoms with Crippen LogP contribution in [0.4, 0.5) is 5.69 Å². The zero-order valence-electron chi connectivity index (χ0n) is 14.6. The molecule has 1 atom stereocenters. The predicted molar refractivity (Wildman–Crippen MR) is 102 cm³/mol. The maximum atomic E-state index is 12.1. The quantitative estimate of drug-likeness (QED) is 0.722. The Morgan fingerprint density at radius 1 is 1.19 bits per heavy atom. The maximum Gasteiger partial charge on any atom is 0.274 e. The number of fused-ring (bicyclic) bond motifs is 2. The fraction of sp³-hybridized carbons (Fsp3) is 0.316. The van der Waals surface area contributed by atoms with E-state index in [-0.39, 0.29) is 12.1 Å². The van der Waals surface area contributed by atoms with Gasteiger partial charge in [-0.2, -0.15) is 0 Å². The summed E-state index contributed by atoms with van der Waals surface area (Å²) in [5.41, 5.74) is 5.20. The minimum absolute atomic E-state index is 0.0859. The number of anilines is 1. The molecule has 6 nitrogen and oxygen atoms in total. The lowest BCUT2D eigenvalue weighted by molar-refractivity contribution is 0.0537.